The van der Waals surface area contributed by atoms with E-state index in [1.165, 1.54) is 3.57 Å². The molecule has 0 atom stereocenters. The van der Waals surface area contributed by atoms with Gasteiger partial charge in [-0.1, -0.05) is 24.3 Å². The van der Waals surface area contributed by atoms with E-state index in [0.717, 1.165) is 23.0 Å². The second-order valence-corrected chi connectivity index (χ2v) is 5.40. The van der Waals surface area contributed by atoms with Gasteiger partial charge in [0.1, 0.15) is 12.4 Å². The largest absolute Gasteiger partial charge is 0.489 e. The lowest BCUT2D eigenvalue weighted by atomic mass is 10.2. The van der Waals surface area contributed by atoms with Crippen molar-refractivity contribution < 1.29 is 14.6 Å². The number of ether oxygens (including phenoxy) is 1. The summed E-state index contributed by atoms with van der Waals surface area (Å²) in [7, 11) is 0. The Kier molecular flexibility index (Phi) is 5.17. The van der Waals surface area contributed by atoms with Gasteiger partial charge >= 0.3 is 5.97 Å². The van der Waals surface area contributed by atoms with Crippen LogP contribution in [0.5, 0.6) is 5.75 Å². The van der Waals surface area contributed by atoms with Crippen molar-refractivity contribution in [2.75, 3.05) is 0 Å². The second kappa shape index (κ2) is 7.09. The summed E-state index contributed by atoms with van der Waals surface area (Å²) in [6, 6.07) is 15.4. The first kappa shape index (κ1) is 14.6. The third-order valence-corrected chi connectivity index (χ3v) is 3.34. The van der Waals surface area contributed by atoms with Gasteiger partial charge in [0, 0.05) is 9.65 Å². The lowest BCUT2D eigenvalue weighted by Gasteiger charge is -2.06. The molecular weight excluding hydrogens is 367 g/mol. The SMILES string of the molecule is O=C(O)C=Cc1ccc(OCc2ccc(I)cc2)cc1. The molecule has 1 N–H and O–H groups in total. The zero-order chi connectivity index (χ0) is 14.4. The number of hydrogen-bond donors (Lipinski definition) is 1. The molecule has 102 valence electrons. The van der Waals surface area contributed by atoms with Crippen LogP contribution in [0.25, 0.3) is 6.08 Å². The van der Waals surface area contributed by atoms with Gasteiger partial charge in [-0.25, -0.2) is 4.79 Å². The van der Waals surface area contributed by atoms with Crippen LogP contribution in [0, 0.1) is 3.57 Å². The van der Waals surface area contributed by atoms with Crippen LogP contribution < -0.4 is 4.74 Å². The molecular formula is C16H13IO3. The molecule has 0 fully saturated rings. The standard InChI is InChI=1S/C16H13IO3/c17-14-6-1-13(2-7-14)11-20-15-8-3-12(4-9-15)5-10-16(18)19/h1-10H,11H2,(H,18,19). The second-order valence-electron chi connectivity index (χ2n) is 4.16. The molecule has 2 aromatic rings. The molecule has 0 unspecified atom stereocenters. The van der Waals surface area contributed by atoms with Crippen LogP contribution in [-0.2, 0) is 11.4 Å². The monoisotopic (exact) mass is 380 g/mol. The van der Waals surface area contributed by atoms with E-state index in [1.54, 1.807) is 6.08 Å². The Balaban J connectivity index is 1.93. The minimum atomic E-state index is -0.955. The van der Waals surface area contributed by atoms with Crippen molar-refractivity contribution in [2.45, 2.75) is 6.61 Å². The summed E-state index contributed by atoms with van der Waals surface area (Å²) in [5.41, 5.74) is 1.94. The molecule has 0 saturated heterocycles. The summed E-state index contributed by atoms with van der Waals surface area (Å²) < 4.78 is 6.86. The van der Waals surface area contributed by atoms with Crippen LogP contribution in [0.1, 0.15) is 11.1 Å². The lowest BCUT2D eigenvalue weighted by Crippen LogP contribution is -1.95. The topological polar surface area (TPSA) is 46.5 Å². The van der Waals surface area contributed by atoms with E-state index in [9.17, 15) is 4.79 Å². The first-order valence-corrected chi connectivity index (χ1v) is 7.10. The van der Waals surface area contributed by atoms with E-state index in [1.807, 2.05) is 48.5 Å². The first-order valence-electron chi connectivity index (χ1n) is 6.02. The molecule has 3 nitrogen and oxygen atoms in total. The van der Waals surface area contributed by atoms with Crippen LogP contribution in [0.15, 0.2) is 54.6 Å². The zero-order valence-electron chi connectivity index (χ0n) is 10.6. The summed E-state index contributed by atoms with van der Waals surface area (Å²) >= 11 is 2.26. The predicted octanol–water partition coefficient (Wildman–Crippen LogP) is 3.97. The number of rotatable bonds is 5. The highest BCUT2D eigenvalue weighted by Crippen LogP contribution is 2.15. The van der Waals surface area contributed by atoms with Gasteiger partial charge in [-0.2, -0.15) is 0 Å². The molecule has 2 aromatic carbocycles. The maximum atomic E-state index is 10.4. The van der Waals surface area contributed by atoms with E-state index in [-0.39, 0.29) is 0 Å². The molecule has 0 bridgehead atoms. The molecule has 0 aromatic heterocycles. The Morgan fingerprint density at radius 2 is 1.75 bits per heavy atom. The number of hydrogen-bond acceptors (Lipinski definition) is 2. The van der Waals surface area contributed by atoms with Crippen molar-refractivity contribution in [3.05, 3.63) is 69.3 Å². The van der Waals surface area contributed by atoms with Crippen LogP contribution in [0.4, 0.5) is 0 Å². The van der Waals surface area contributed by atoms with Gasteiger partial charge in [0.2, 0.25) is 0 Å². The molecule has 0 heterocycles. The number of benzene rings is 2. The van der Waals surface area contributed by atoms with Crippen molar-refractivity contribution in [2.24, 2.45) is 0 Å². The normalized spacial score (nSPS) is 10.7. The van der Waals surface area contributed by atoms with Gasteiger partial charge in [-0.15, -0.1) is 0 Å². The molecule has 0 aliphatic heterocycles. The number of carboxylic acids is 1. The fraction of sp³-hybridized carbons (Fsp3) is 0.0625. The third kappa shape index (κ3) is 4.70. The fourth-order valence-corrected chi connectivity index (χ4v) is 1.95. The number of aliphatic carboxylic acids is 1. The molecule has 0 radical (unpaired) electrons. The van der Waals surface area contributed by atoms with Gasteiger partial charge < -0.3 is 9.84 Å². The Hall–Kier alpha value is -1.82. The van der Waals surface area contributed by atoms with E-state index >= 15 is 0 Å². The van der Waals surface area contributed by atoms with Gasteiger partial charge in [-0.3, -0.25) is 0 Å². The summed E-state index contributed by atoms with van der Waals surface area (Å²) in [5.74, 6) is -0.194. The van der Waals surface area contributed by atoms with Crippen molar-refractivity contribution >= 4 is 34.6 Å². The van der Waals surface area contributed by atoms with Gasteiger partial charge in [0.15, 0.2) is 0 Å². The van der Waals surface area contributed by atoms with E-state index in [2.05, 4.69) is 22.6 Å². The number of halogens is 1. The predicted molar refractivity (Wildman–Crippen MR) is 86.6 cm³/mol. The fourth-order valence-electron chi connectivity index (χ4n) is 1.59. The van der Waals surface area contributed by atoms with E-state index < -0.39 is 5.97 Å². The quantitative estimate of drug-likeness (QED) is 0.631. The van der Waals surface area contributed by atoms with Crippen LogP contribution in [0.3, 0.4) is 0 Å². The highest BCUT2D eigenvalue weighted by atomic mass is 127. The number of carboxylic acid groups (broad SMARTS) is 1. The molecule has 0 aliphatic carbocycles. The molecule has 0 aliphatic rings. The molecule has 20 heavy (non-hydrogen) atoms. The van der Waals surface area contributed by atoms with Crippen molar-refractivity contribution in [1.29, 1.82) is 0 Å². The van der Waals surface area contributed by atoms with Gasteiger partial charge in [-0.05, 0) is 64.1 Å². The third-order valence-electron chi connectivity index (χ3n) is 2.62. The van der Waals surface area contributed by atoms with E-state index in [4.69, 9.17) is 9.84 Å². The summed E-state index contributed by atoms with van der Waals surface area (Å²) in [6.45, 7) is 0.515. The summed E-state index contributed by atoms with van der Waals surface area (Å²) in [6.07, 6.45) is 2.66. The zero-order valence-corrected chi connectivity index (χ0v) is 12.8. The first-order chi connectivity index (χ1) is 9.63. The minimum Gasteiger partial charge on any atom is -0.489 e. The molecule has 0 spiro atoms. The highest BCUT2D eigenvalue weighted by molar-refractivity contribution is 14.1. The highest BCUT2D eigenvalue weighted by Gasteiger charge is 1.97. The lowest BCUT2D eigenvalue weighted by molar-refractivity contribution is -0.131. The van der Waals surface area contributed by atoms with Crippen LogP contribution >= 0.6 is 22.6 Å². The van der Waals surface area contributed by atoms with Crippen molar-refractivity contribution in [1.82, 2.24) is 0 Å². The van der Waals surface area contributed by atoms with Crippen LogP contribution in [0.2, 0.25) is 0 Å². The Labute approximate surface area is 131 Å². The molecule has 2 rings (SSSR count). The smallest absolute Gasteiger partial charge is 0.328 e. The summed E-state index contributed by atoms with van der Waals surface area (Å²) in [4.78, 5) is 10.4. The number of carbonyl (C=O) groups is 1. The average Bonchev–Trinajstić information content (AvgIpc) is 2.45. The molecule has 0 amide bonds. The Morgan fingerprint density at radius 3 is 2.35 bits per heavy atom. The Bertz CT molecular complexity index is 601. The van der Waals surface area contributed by atoms with Gasteiger partial charge in [0.25, 0.3) is 0 Å². The molecule has 4 heteroatoms. The Morgan fingerprint density at radius 1 is 1.10 bits per heavy atom. The van der Waals surface area contributed by atoms with E-state index in [0.29, 0.717) is 6.61 Å². The van der Waals surface area contributed by atoms with Crippen LogP contribution in [-0.4, -0.2) is 11.1 Å². The molecule has 0 saturated carbocycles. The maximum Gasteiger partial charge on any atom is 0.328 e. The summed E-state index contributed by atoms with van der Waals surface area (Å²) in [5, 5.41) is 8.55. The average molecular weight is 380 g/mol. The minimum absolute atomic E-state index is 0.515. The van der Waals surface area contributed by atoms with Crippen molar-refractivity contribution in [3.63, 3.8) is 0 Å². The van der Waals surface area contributed by atoms with Crippen molar-refractivity contribution in [3.8, 4) is 5.75 Å². The van der Waals surface area contributed by atoms with Gasteiger partial charge in [0.05, 0.1) is 0 Å². The maximum absolute atomic E-state index is 10.4.